The Balaban J connectivity index is -0.000000497. The minimum absolute atomic E-state index is 0. The summed E-state index contributed by atoms with van der Waals surface area (Å²) in [5, 5.41) is 26.6. The third-order valence-electron chi connectivity index (χ3n) is 2.76. The monoisotopic (exact) mass is 361 g/mol. The molecule has 0 aromatic heterocycles. The maximum Gasteiger partial charge on any atom is 2.00 e. The molecule has 0 spiro atoms. The molecule has 1 radical (unpaired) electrons. The average Bonchev–Trinajstić information content (AvgIpc) is 2.31. The smallest absolute Gasteiger partial charge is 0.668 e. The largest absolute Gasteiger partial charge is 2.00 e. The number of phenols is 2. The Kier molecular flexibility index (Phi) is 13.9. The number of benzene rings is 1. The summed E-state index contributed by atoms with van der Waals surface area (Å²) in [6.45, 7) is 12.3. The van der Waals surface area contributed by atoms with Crippen LogP contribution in [0.4, 0.5) is 0 Å². The van der Waals surface area contributed by atoms with Crippen LogP contribution in [0.1, 0.15) is 52.7 Å². The van der Waals surface area contributed by atoms with Crippen molar-refractivity contribution in [1.29, 1.82) is 0 Å². The van der Waals surface area contributed by atoms with E-state index in [2.05, 4.69) is 31.4 Å². The van der Waals surface area contributed by atoms with Crippen LogP contribution in [0.3, 0.4) is 0 Å². The van der Waals surface area contributed by atoms with Gasteiger partial charge in [-0.15, -0.1) is 0 Å². The van der Waals surface area contributed by atoms with Gasteiger partial charge in [0.25, 0.3) is 0 Å². The van der Waals surface area contributed by atoms with E-state index in [9.17, 15) is 10.2 Å². The second kappa shape index (κ2) is 11.8. The molecule has 0 atom stereocenters. The molecule has 0 saturated heterocycles. The number of aromatic hydroxyl groups is 2. The summed E-state index contributed by atoms with van der Waals surface area (Å²) >= 11 is 0. The molecule has 133 valence electrons. The van der Waals surface area contributed by atoms with Gasteiger partial charge in [0.05, 0.1) is 0 Å². The Morgan fingerprint density at radius 2 is 1.09 bits per heavy atom. The van der Waals surface area contributed by atoms with Crippen LogP contribution in [-0.2, 0) is 29.4 Å². The predicted molar refractivity (Wildman–Crippen MR) is 97.6 cm³/mol. The molecular weight excluding hydrogens is 327 g/mol. The fourth-order valence-corrected chi connectivity index (χ4v) is 1.62. The zero-order valence-corrected chi connectivity index (χ0v) is 17.8. The zero-order valence-electron chi connectivity index (χ0n) is 16.4. The number of hydrogen-bond acceptors (Lipinski definition) is 2. The molecule has 0 unspecified atom stereocenters. The summed E-state index contributed by atoms with van der Waals surface area (Å²) in [5.74, 6) is -0.0298. The second-order valence-electron chi connectivity index (χ2n) is 7.29. The van der Waals surface area contributed by atoms with Crippen molar-refractivity contribution in [2.24, 2.45) is 0 Å². The van der Waals surface area contributed by atoms with Crippen molar-refractivity contribution in [1.82, 2.24) is 0 Å². The van der Waals surface area contributed by atoms with Gasteiger partial charge in [-0.1, -0.05) is 47.6 Å². The molecule has 5 heteroatoms. The molecule has 0 aliphatic heterocycles. The van der Waals surface area contributed by atoms with Crippen LogP contribution in [0, 0.1) is 0 Å². The van der Waals surface area contributed by atoms with Crippen molar-refractivity contribution in [2.45, 2.75) is 52.4 Å². The molecule has 0 bridgehead atoms. The van der Waals surface area contributed by atoms with E-state index >= 15 is 0 Å². The minimum Gasteiger partial charge on any atom is -0.668 e. The number of phenolic OH excluding ortho intramolecular Hbond substituents is 2. The van der Waals surface area contributed by atoms with E-state index < -0.39 is 0 Å². The van der Waals surface area contributed by atoms with Crippen LogP contribution < -0.4 is 0 Å². The summed E-state index contributed by atoms with van der Waals surface area (Å²) in [7, 11) is 7.00. The van der Waals surface area contributed by atoms with Crippen molar-refractivity contribution >= 4 is 0 Å². The second-order valence-corrected chi connectivity index (χ2v) is 7.29. The molecule has 0 fully saturated rings. The molecule has 0 saturated carbocycles. The van der Waals surface area contributed by atoms with Gasteiger partial charge in [-0.2, -0.15) is 28.2 Å². The molecule has 4 nitrogen and oxygen atoms in total. The topological polar surface area (TPSA) is 68.7 Å². The first-order valence-electron chi connectivity index (χ1n) is 7.39. The van der Waals surface area contributed by atoms with Gasteiger partial charge >= 0.3 is 18.6 Å². The summed E-state index contributed by atoms with van der Waals surface area (Å²) in [4.78, 5) is 0. The van der Waals surface area contributed by atoms with Crippen molar-refractivity contribution in [3.63, 3.8) is 0 Å². The minimum atomic E-state index is -0.178. The first-order valence-corrected chi connectivity index (χ1v) is 7.39. The molecule has 23 heavy (non-hydrogen) atoms. The summed E-state index contributed by atoms with van der Waals surface area (Å²) in [5.41, 5.74) is 1.61. The van der Waals surface area contributed by atoms with Crippen LogP contribution in [-0.4, -0.2) is 38.4 Å². The first-order chi connectivity index (χ1) is 9.86. The molecule has 0 aliphatic rings. The van der Waals surface area contributed by atoms with Gasteiger partial charge < -0.3 is 20.8 Å². The molecular formula is C18H34N2O2V. The molecule has 1 aromatic carbocycles. The van der Waals surface area contributed by atoms with Crippen LogP contribution in [0.5, 0.6) is 11.5 Å². The Bertz CT molecular complexity index is 434. The summed E-state index contributed by atoms with van der Waals surface area (Å²) in [6, 6.07) is 3.62. The SMILES string of the molecule is CC(C)(C)c1cc(O)c(O)c(C(C)(C)C)c1.C[N-]C.C[N-]C.[V+2]. The quantitative estimate of drug-likeness (QED) is 0.643. The van der Waals surface area contributed by atoms with Crippen LogP contribution >= 0.6 is 0 Å². The normalized spacial score (nSPS) is 10.5. The fraction of sp³-hybridized carbons (Fsp3) is 0.667. The first kappa shape index (κ1) is 27.2. The van der Waals surface area contributed by atoms with Crippen molar-refractivity contribution in [2.75, 3.05) is 28.2 Å². The average molecular weight is 361 g/mol. The maximum atomic E-state index is 9.87. The van der Waals surface area contributed by atoms with Gasteiger partial charge in [-0.3, -0.25) is 0 Å². The van der Waals surface area contributed by atoms with Gasteiger partial charge in [0, 0.05) is 5.56 Å². The Morgan fingerprint density at radius 3 is 1.35 bits per heavy atom. The van der Waals surface area contributed by atoms with Crippen LogP contribution in [0.15, 0.2) is 12.1 Å². The molecule has 1 aromatic rings. The third kappa shape index (κ3) is 10.7. The summed E-state index contributed by atoms with van der Waals surface area (Å²) < 4.78 is 0. The van der Waals surface area contributed by atoms with Gasteiger partial charge in [-0.25, -0.2) is 0 Å². The maximum absolute atomic E-state index is 9.87. The van der Waals surface area contributed by atoms with Crippen LogP contribution in [0.2, 0.25) is 0 Å². The van der Waals surface area contributed by atoms with E-state index in [4.69, 9.17) is 0 Å². The molecule has 0 aliphatic carbocycles. The van der Waals surface area contributed by atoms with E-state index in [1.807, 2.05) is 26.8 Å². The molecule has 1 rings (SSSR count). The standard InChI is InChI=1S/C14H22O2.2C2H6N.V/c1-13(2,3)9-7-10(14(4,5)6)12(16)11(15)8-9;2*1-3-2;/h7-8,15-16H,1-6H3;2*1-2H3;/q;2*-1;+2. The van der Waals surface area contributed by atoms with Gasteiger partial charge in [0.15, 0.2) is 11.5 Å². The number of hydrogen-bond donors (Lipinski definition) is 2. The van der Waals surface area contributed by atoms with E-state index in [0.717, 1.165) is 11.1 Å². The van der Waals surface area contributed by atoms with Crippen molar-refractivity contribution < 1.29 is 28.8 Å². The zero-order chi connectivity index (χ0) is 18.1. The summed E-state index contributed by atoms with van der Waals surface area (Å²) in [6.07, 6.45) is 0. The van der Waals surface area contributed by atoms with Crippen molar-refractivity contribution in [3.05, 3.63) is 33.9 Å². The molecule has 0 heterocycles. The van der Waals surface area contributed by atoms with Gasteiger partial charge in [0.2, 0.25) is 0 Å². The van der Waals surface area contributed by atoms with Gasteiger partial charge in [0.1, 0.15) is 0 Å². The van der Waals surface area contributed by atoms with E-state index in [1.54, 1.807) is 34.3 Å². The predicted octanol–water partition coefficient (Wildman–Crippen LogP) is 4.93. The van der Waals surface area contributed by atoms with Crippen LogP contribution in [0.25, 0.3) is 10.6 Å². The third-order valence-corrected chi connectivity index (χ3v) is 2.76. The Morgan fingerprint density at radius 1 is 0.739 bits per heavy atom. The van der Waals surface area contributed by atoms with E-state index in [1.165, 1.54) is 0 Å². The van der Waals surface area contributed by atoms with Crippen molar-refractivity contribution in [3.8, 4) is 11.5 Å². The molecule has 2 N–H and O–H groups in total. The van der Waals surface area contributed by atoms with E-state index in [0.29, 0.717) is 0 Å². The number of nitrogens with zero attached hydrogens (tertiary/aromatic N) is 2. The number of rotatable bonds is 0. The fourth-order valence-electron chi connectivity index (χ4n) is 1.62. The Labute approximate surface area is 155 Å². The van der Waals surface area contributed by atoms with E-state index in [-0.39, 0.29) is 40.9 Å². The Hall–Kier alpha value is -0.676. The van der Waals surface area contributed by atoms with Gasteiger partial charge in [-0.05, 0) is 22.5 Å². The molecule has 0 amide bonds.